The fourth-order valence-corrected chi connectivity index (χ4v) is 0.986. The van der Waals surface area contributed by atoms with E-state index in [0.717, 1.165) is 0 Å². The lowest BCUT2D eigenvalue weighted by Crippen LogP contribution is -2.03. The summed E-state index contributed by atoms with van der Waals surface area (Å²) in [5.41, 5.74) is -0.982. The summed E-state index contributed by atoms with van der Waals surface area (Å²) in [4.78, 5) is 0. The van der Waals surface area contributed by atoms with E-state index in [1.807, 2.05) is 0 Å². The van der Waals surface area contributed by atoms with Gasteiger partial charge in [-0.1, -0.05) is 11.6 Å². The van der Waals surface area contributed by atoms with Crippen LogP contribution in [0.5, 0.6) is 0 Å². The molecule has 0 amide bonds. The standard InChI is InChI=1S/C7H3ClF4O/c8-3-4(9)2(1-13)5(10)7(12)6(3)11/h13H,1H2. The molecule has 1 nitrogen and oxygen atoms in total. The molecule has 1 aromatic rings. The minimum Gasteiger partial charge on any atom is -0.391 e. The highest BCUT2D eigenvalue weighted by atomic mass is 35.5. The number of aliphatic hydroxyl groups excluding tert-OH is 1. The Balaban J connectivity index is 3.56. The quantitative estimate of drug-likeness (QED) is 0.432. The van der Waals surface area contributed by atoms with Crippen molar-refractivity contribution < 1.29 is 22.7 Å². The summed E-state index contributed by atoms with van der Waals surface area (Å²) in [6.45, 7) is -1.09. The first kappa shape index (κ1) is 10.3. The maximum absolute atomic E-state index is 12.8. The van der Waals surface area contributed by atoms with Crippen molar-refractivity contribution >= 4 is 11.6 Å². The third-order valence-corrected chi connectivity index (χ3v) is 1.79. The van der Waals surface area contributed by atoms with Crippen molar-refractivity contribution in [1.29, 1.82) is 0 Å². The molecule has 0 unspecified atom stereocenters. The Labute approximate surface area is 75.6 Å². The van der Waals surface area contributed by atoms with Gasteiger partial charge in [0.25, 0.3) is 0 Å². The highest BCUT2D eigenvalue weighted by molar-refractivity contribution is 6.31. The van der Waals surface area contributed by atoms with Crippen LogP contribution in [0, 0.1) is 23.3 Å². The third-order valence-electron chi connectivity index (χ3n) is 1.46. The van der Waals surface area contributed by atoms with Crippen LogP contribution in [-0.4, -0.2) is 5.11 Å². The maximum atomic E-state index is 12.8. The zero-order valence-electron chi connectivity index (χ0n) is 6.04. The summed E-state index contributed by atoms with van der Waals surface area (Å²) in [6, 6.07) is 0. The lowest BCUT2D eigenvalue weighted by Gasteiger charge is -2.05. The summed E-state index contributed by atoms with van der Waals surface area (Å²) in [5.74, 6) is -6.94. The number of benzene rings is 1. The number of halogens is 5. The normalized spacial score (nSPS) is 10.6. The van der Waals surface area contributed by atoms with Gasteiger partial charge in [-0.2, -0.15) is 0 Å². The van der Waals surface area contributed by atoms with E-state index in [2.05, 4.69) is 0 Å². The van der Waals surface area contributed by atoms with Crippen LogP contribution < -0.4 is 0 Å². The van der Waals surface area contributed by atoms with Crippen LogP contribution in [-0.2, 0) is 6.61 Å². The van der Waals surface area contributed by atoms with Crippen molar-refractivity contribution in [1.82, 2.24) is 0 Å². The van der Waals surface area contributed by atoms with Gasteiger partial charge in [-0.3, -0.25) is 0 Å². The van der Waals surface area contributed by atoms with Gasteiger partial charge < -0.3 is 5.11 Å². The molecular weight excluding hydrogens is 212 g/mol. The molecule has 0 aromatic heterocycles. The second-order valence-corrected chi connectivity index (χ2v) is 2.58. The van der Waals surface area contributed by atoms with E-state index in [1.165, 1.54) is 0 Å². The zero-order valence-corrected chi connectivity index (χ0v) is 6.80. The van der Waals surface area contributed by atoms with Gasteiger partial charge in [0.2, 0.25) is 0 Å². The van der Waals surface area contributed by atoms with Crippen molar-refractivity contribution in [3.05, 3.63) is 33.9 Å². The van der Waals surface area contributed by atoms with Gasteiger partial charge in [-0.25, -0.2) is 17.6 Å². The Morgan fingerprint density at radius 3 is 1.92 bits per heavy atom. The summed E-state index contributed by atoms with van der Waals surface area (Å²) in [5, 5.41) is 7.25. The highest BCUT2D eigenvalue weighted by Crippen LogP contribution is 2.27. The van der Waals surface area contributed by atoms with Crippen molar-refractivity contribution in [3.8, 4) is 0 Å². The SMILES string of the molecule is OCc1c(F)c(F)c(F)c(Cl)c1F. The monoisotopic (exact) mass is 214 g/mol. The molecule has 0 atom stereocenters. The fraction of sp³-hybridized carbons (Fsp3) is 0.143. The van der Waals surface area contributed by atoms with Gasteiger partial charge in [-0.05, 0) is 0 Å². The fourth-order valence-electron chi connectivity index (χ4n) is 0.789. The Morgan fingerprint density at radius 2 is 1.46 bits per heavy atom. The number of hydrogen-bond donors (Lipinski definition) is 1. The van der Waals surface area contributed by atoms with Crippen LogP contribution in [0.25, 0.3) is 0 Å². The summed E-state index contributed by atoms with van der Waals surface area (Å²) >= 11 is 4.97. The first-order valence-corrected chi connectivity index (χ1v) is 3.49. The van der Waals surface area contributed by atoms with Gasteiger partial charge in [0.1, 0.15) is 5.02 Å². The lowest BCUT2D eigenvalue weighted by atomic mass is 10.2. The molecule has 1 aromatic carbocycles. The topological polar surface area (TPSA) is 20.2 Å². The van der Waals surface area contributed by atoms with Crippen LogP contribution in [0.15, 0.2) is 0 Å². The molecule has 0 radical (unpaired) electrons. The molecule has 0 fully saturated rings. The molecule has 0 spiro atoms. The maximum Gasteiger partial charge on any atom is 0.196 e. The molecule has 0 aliphatic rings. The second-order valence-electron chi connectivity index (χ2n) is 2.21. The summed E-state index contributed by atoms with van der Waals surface area (Å²) in [7, 11) is 0. The second kappa shape index (κ2) is 3.51. The molecule has 6 heteroatoms. The van der Waals surface area contributed by atoms with Crippen molar-refractivity contribution in [2.45, 2.75) is 6.61 Å². The number of aliphatic hydroxyl groups is 1. The Morgan fingerprint density at radius 1 is 0.923 bits per heavy atom. The predicted molar refractivity (Wildman–Crippen MR) is 37.2 cm³/mol. The summed E-state index contributed by atoms with van der Waals surface area (Å²) in [6.07, 6.45) is 0. The van der Waals surface area contributed by atoms with E-state index >= 15 is 0 Å². The van der Waals surface area contributed by atoms with Crippen LogP contribution in [0.4, 0.5) is 17.6 Å². The molecule has 0 saturated heterocycles. The first-order valence-electron chi connectivity index (χ1n) is 3.11. The summed E-state index contributed by atoms with van der Waals surface area (Å²) < 4.78 is 50.4. The average molecular weight is 215 g/mol. The van der Waals surface area contributed by atoms with E-state index in [9.17, 15) is 17.6 Å². The van der Waals surface area contributed by atoms with Crippen LogP contribution in [0.1, 0.15) is 5.56 Å². The van der Waals surface area contributed by atoms with E-state index in [1.54, 1.807) is 0 Å². The minimum atomic E-state index is -1.89. The van der Waals surface area contributed by atoms with E-state index < -0.39 is 40.5 Å². The van der Waals surface area contributed by atoms with Gasteiger partial charge in [-0.15, -0.1) is 0 Å². The van der Waals surface area contributed by atoms with Gasteiger partial charge in [0, 0.05) is 0 Å². The Kier molecular flexibility index (Phi) is 2.77. The molecule has 0 bridgehead atoms. The van der Waals surface area contributed by atoms with Crippen LogP contribution in [0.2, 0.25) is 5.02 Å². The predicted octanol–water partition coefficient (Wildman–Crippen LogP) is 2.39. The minimum absolute atomic E-state index is 0.982. The molecule has 72 valence electrons. The largest absolute Gasteiger partial charge is 0.391 e. The number of hydrogen-bond acceptors (Lipinski definition) is 1. The van der Waals surface area contributed by atoms with Gasteiger partial charge in [0.15, 0.2) is 23.3 Å². The molecule has 0 heterocycles. The zero-order chi connectivity index (χ0) is 10.2. The molecule has 0 saturated carbocycles. The lowest BCUT2D eigenvalue weighted by molar-refractivity contribution is 0.264. The molecule has 1 rings (SSSR count). The smallest absolute Gasteiger partial charge is 0.196 e. The van der Waals surface area contributed by atoms with Crippen LogP contribution in [0.3, 0.4) is 0 Å². The van der Waals surface area contributed by atoms with E-state index in [0.29, 0.717) is 0 Å². The molecular formula is C7H3ClF4O. The highest BCUT2D eigenvalue weighted by Gasteiger charge is 2.23. The van der Waals surface area contributed by atoms with Crippen molar-refractivity contribution in [2.24, 2.45) is 0 Å². The molecule has 13 heavy (non-hydrogen) atoms. The molecule has 0 aliphatic heterocycles. The van der Waals surface area contributed by atoms with Crippen molar-refractivity contribution in [2.75, 3.05) is 0 Å². The van der Waals surface area contributed by atoms with E-state index in [-0.39, 0.29) is 0 Å². The van der Waals surface area contributed by atoms with Crippen molar-refractivity contribution in [3.63, 3.8) is 0 Å². The first-order chi connectivity index (χ1) is 6.00. The molecule has 1 N–H and O–H groups in total. The van der Waals surface area contributed by atoms with Gasteiger partial charge in [0.05, 0.1) is 12.2 Å². The van der Waals surface area contributed by atoms with Gasteiger partial charge >= 0.3 is 0 Å². The molecule has 0 aliphatic carbocycles. The van der Waals surface area contributed by atoms with Crippen LogP contribution >= 0.6 is 11.6 Å². The Hall–Kier alpha value is -0.810. The number of rotatable bonds is 1. The van der Waals surface area contributed by atoms with E-state index in [4.69, 9.17) is 16.7 Å². The Bertz CT molecular complexity index is 324. The average Bonchev–Trinajstić information content (AvgIpc) is 2.13. The third kappa shape index (κ3) is 1.49.